The minimum absolute atomic E-state index is 0.0103. The van der Waals surface area contributed by atoms with Crippen molar-refractivity contribution >= 4 is 37.4 Å². The van der Waals surface area contributed by atoms with Crippen LogP contribution in [0.5, 0.6) is 0 Å². The molecular formula is C22H27F2N7O5S2. The van der Waals surface area contributed by atoms with E-state index in [0.717, 1.165) is 20.4 Å². The van der Waals surface area contributed by atoms with Gasteiger partial charge < -0.3 is 10.7 Å². The van der Waals surface area contributed by atoms with Crippen molar-refractivity contribution in [1.29, 1.82) is 0 Å². The number of hydrogen-bond acceptors (Lipinski definition) is 8. The molecule has 3 aromatic heterocycles. The molecule has 0 aliphatic carbocycles. The zero-order valence-electron chi connectivity index (χ0n) is 21.4. The number of imidazole rings is 2. The zero-order valence-corrected chi connectivity index (χ0v) is 23.0. The van der Waals surface area contributed by atoms with Gasteiger partial charge in [-0.1, -0.05) is 20.8 Å². The van der Waals surface area contributed by atoms with Gasteiger partial charge >= 0.3 is 10.2 Å². The molecule has 4 rings (SSSR count). The Morgan fingerprint density at radius 2 is 1.63 bits per heavy atom. The molecule has 0 amide bonds. The minimum Gasteiger partial charge on any atom is -0.368 e. The van der Waals surface area contributed by atoms with E-state index in [-0.39, 0.29) is 28.4 Å². The molecule has 4 N–H and O–H groups in total. The van der Waals surface area contributed by atoms with Gasteiger partial charge in [0.2, 0.25) is 5.95 Å². The molecule has 0 spiro atoms. The maximum atomic E-state index is 14.7. The average Bonchev–Trinajstić information content (AvgIpc) is 3.33. The van der Waals surface area contributed by atoms with Crippen LogP contribution >= 0.6 is 0 Å². The van der Waals surface area contributed by atoms with Crippen molar-refractivity contribution in [2.24, 2.45) is 0 Å². The first kappa shape index (κ1) is 29.1. The number of fused-ring (bicyclic) bond motifs is 1. The van der Waals surface area contributed by atoms with E-state index in [0.29, 0.717) is 23.5 Å². The number of halogens is 2. The Kier molecular flexibility index (Phi) is 7.66. The number of aromatic amines is 1. The third-order valence-corrected chi connectivity index (χ3v) is 6.78. The second kappa shape index (κ2) is 10.0. The lowest BCUT2D eigenvalue weighted by atomic mass is 9.96. The van der Waals surface area contributed by atoms with Crippen LogP contribution in [0.15, 0.2) is 30.3 Å². The molecule has 0 bridgehead atoms. The number of benzene rings is 1. The average molecular weight is 572 g/mol. The van der Waals surface area contributed by atoms with Crippen LogP contribution in [0.1, 0.15) is 26.6 Å². The number of nitrogens with one attached hydrogen (secondary N) is 1. The number of rotatable bonds is 4. The summed E-state index contributed by atoms with van der Waals surface area (Å²) >= 11 is 0. The van der Waals surface area contributed by atoms with E-state index in [1.807, 2.05) is 20.8 Å². The van der Waals surface area contributed by atoms with E-state index < -0.39 is 37.4 Å². The predicted molar refractivity (Wildman–Crippen MR) is 139 cm³/mol. The Hall–Kier alpha value is -3.47. The lowest BCUT2D eigenvalue weighted by Crippen LogP contribution is -2.29. The summed E-state index contributed by atoms with van der Waals surface area (Å²) in [5.74, 6) is -1.19. The summed E-state index contributed by atoms with van der Waals surface area (Å²) in [4.78, 5) is 16.3. The molecule has 12 nitrogen and oxygen atoms in total. The fourth-order valence-corrected chi connectivity index (χ4v) is 4.23. The van der Waals surface area contributed by atoms with Crippen molar-refractivity contribution in [3.05, 3.63) is 47.8 Å². The molecule has 16 heteroatoms. The fraction of sp³-hybridized carbons (Fsp3) is 0.318. The Labute approximate surface area is 218 Å². The second-order valence-electron chi connectivity index (χ2n) is 9.48. The van der Waals surface area contributed by atoms with Crippen LogP contribution in [0.3, 0.4) is 0 Å². The first-order valence-electron chi connectivity index (χ1n) is 10.9. The van der Waals surface area contributed by atoms with E-state index in [4.69, 9.17) is 10.3 Å². The number of nitrogen functional groups attached to an aromatic ring is 1. The van der Waals surface area contributed by atoms with Crippen molar-refractivity contribution in [3.8, 4) is 22.6 Å². The predicted octanol–water partition coefficient (Wildman–Crippen LogP) is 2.80. The lowest BCUT2D eigenvalue weighted by Gasteiger charge is -2.14. The summed E-state index contributed by atoms with van der Waals surface area (Å²) < 4.78 is 81.5. The highest BCUT2D eigenvalue weighted by molar-refractivity contribution is 7.87. The normalized spacial score (nSPS) is 12.6. The van der Waals surface area contributed by atoms with Gasteiger partial charge in [0.25, 0.3) is 10.1 Å². The van der Waals surface area contributed by atoms with Crippen molar-refractivity contribution in [1.82, 2.24) is 28.2 Å². The molecule has 0 saturated heterocycles. The van der Waals surface area contributed by atoms with Crippen LogP contribution < -0.4 is 5.73 Å². The number of aromatic nitrogens is 5. The quantitative estimate of drug-likeness (QED) is 0.311. The number of nitrogens with zero attached hydrogens (tertiary/aromatic N) is 5. The maximum Gasteiger partial charge on any atom is 0.311 e. The SMILES string of the molecule is CN(C)S(=O)(=O)n1c(N)nc2ccc(-c3[nH]c(C(C)(C)C)nc3-c3ccc(F)cc3F)nc21.CS(=O)(=O)O. The molecule has 0 atom stereocenters. The van der Waals surface area contributed by atoms with Gasteiger partial charge in [0, 0.05) is 31.1 Å². The van der Waals surface area contributed by atoms with Gasteiger partial charge in [-0.05, 0) is 24.3 Å². The third kappa shape index (κ3) is 6.15. The Morgan fingerprint density at radius 1 is 1.03 bits per heavy atom. The van der Waals surface area contributed by atoms with Crippen LogP contribution in [0.4, 0.5) is 14.7 Å². The molecule has 0 saturated carbocycles. The second-order valence-corrected chi connectivity index (χ2v) is 12.9. The van der Waals surface area contributed by atoms with Gasteiger partial charge in [0.15, 0.2) is 5.65 Å². The van der Waals surface area contributed by atoms with E-state index in [2.05, 4.69) is 19.9 Å². The van der Waals surface area contributed by atoms with Crippen molar-refractivity contribution in [3.63, 3.8) is 0 Å². The first-order chi connectivity index (χ1) is 17.3. The van der Waals surface area contributed by atoms with Crippen LogP contribution in [0, 0.1) is 11.6 Å². The topological polar surface area (TPSA) is 177 Å². The van der Waals surface area contributed by atoms with E-state index in [1.54, 1.807) is 12.1 Å². The number of nitrogens with two attached hydrogens (primary N) is 1. The molecule has 0 aliphatic rings. The molecule has 0 radical (unpaired) electrons. The monoisotopic (exact) mass is 571 g/mol. The van der Waals surface area contributed by atoms with Crippen LogP contribution in [-0.2, 0) is 25.7 Å². The molecule has 3 heterocycles. The summed E-state index contributed by atoms with van der Waals surface area (Å²) in [6.45, 7) is 5.78. The fourth-order valence-electron chi connectivity index (χ4n) is 3.28. The largest absolute Gasteiger partial charge is 0.368 e. The number of anilines is 1. The van der Waals surface area contributed by atoms with Crippen LogP contribution in [0.2, 0.25) is 0 Å². The Balaban J connectivity index is 0.000000732. The summed E-state index contributed by atoms with van der Waals surface area (Å²) in [6, 6.07) is 6.39. The van der Waals surface area contributed by atoms with Crippen LogP contribution in [-0.4, -0.2) is 70.0 Å². The van der Waals surface area contributed by atoms with Gasteiger partial charge in [0.05, 0.1) is 17.6 Å². The smallest absolute Gasteiger partial charge is 0.311 e. The summed E-state index contributed by atoms with van der Waals surface area (Å²) in [7, 11) is -4.94. The maximum absolute atomic E-state index is 14.7. The van der Waals surface area contributed by atoms with Gasteiger partial charge in [-0.3, -0.25) is 4.55 Å². The van der Waals surface area contributed by atoms with E-state index >= 15 is 0 Å². The molecule has 1 aromatic carbocycles. The molecular weight excluding hydrogens is 544 g/mol. The van der Waals surface area contributed by atoms with Gasteiger partial charge in [0.1, 0.15) is 28.7 Å². The van der Waals surface area contributed by atoms with Crippen LogP contribution in [0.25, 0.3) is 33.8 Å². The highest BCUT2D eigenvalue weighted by Gasteiger charge is 2.27. The van der Waals surface area contributed by atoms with Gasteiger partial charge in [-0.2, -0.15) is 25.1 Å². The van der Waals surface area contributed by atoms with E-state index in [1.165, 1.54) is 20.2 Å². The molecule has 0 aliphatic heterocycles. The summed E-state index contributed by atoms with van der Waals surface area (Å²) in [6.07, 6.45) is 0.715. The van der Waals surface area contributed by atoms with Crippen molar-refractivity contribution in [2.45, 2.75) is 26.2 Å². The summed E-state index contributed by atoms with van der Waals surface area (Å²) in [5, 5.41) is 0. The number of hydrogen-bond donors (Lipinski definition) is 3. The molecule has 0 unspecified atom stereocenters. The molecule has 4 aromatic rings. The highest BCUT2D eigenvalue weighted by Crippen LogP contribution is 2.35. The first-order valence-corrected chi connectivity index (χ1v) is 14.1. The third-order valence-electron chi connectivity index (χ3n) is 5.04. The zero-order chi connectivity index (χ0) is 28.8. The van der Waals surface area contributed by atoms with Gasteiger partial charge in [-0.15, -0.1) is 0 Å². The molecule has 206 valence electrons. The standard InChI is InChI=1S/C21H23F2N7O2S.CH4O3S/c1-21(2,3)19-27-16(12-7-6-11(22)10-13(12)23)17(28-19)14-8-9-15-18(25-14)30(20(24)26-15)33(31,32)29(4)5;1-5(2,3)4/h6-10H,1-5H3,(H2,24,26)(H,27,28);1H3,(H,2,3,4). The van der Waals surface area contributed by atoms with Crippen molar-refractivity contribution < 1.29 is 30.2 Å². The molecule has 38 heavy (non-hydrogen) atoms. The lowest BCUT2D eigenvalue weighted by molar-refractivity contribution is 0.490. The van der Waals surface area contributed by atoms with Gasteiger partial charge in [-0.25, -0.2) is 23.7 Å². The van der Waals surface area contributed by atoms with Crippen molar-refractivity contribution in [2.75, 3.05) is 26.1 Å². The Morgan fingerprint density at radius 3 is 2.16 bits per heavy atom. The minimum atomic E-state index is -4.01. The molecule has 0 fully saturated rings. The number of H-pyrrole nitrogens is 1. The van der Waals surface area contributed by atoms with E-state index in [9.17, 15) is 25.6 Å². The number of pyridine rings is 1. The Bertz CT molecular complexity index is 1720. The highest BCUT2D eigenvalue weighted by atomic mass is 32.2. The summed E-state index contributed by atoms with van der Waals surface area (Å²) in [5.41, 5.74) is 6.68.